The lowest BCUT2D eigenvalue weighted by Crippen LogP contribution is -2.28. The second-order valence-corrected chi connectivity index (χ2v) is 6.31. The van der Waals surface area contributed by atoms with E-state index in [2.05, 4.69) is 15.3 Å². The number of carbonyl (C=O) groups excluding carboxylic acids is 1. The van der Waals surface area contributed by atoms with E-state index in [4.69, 9.17) is 11.6 Å². The first-order valence-electron chi connectivity index (χ1n) is 7.91. The van der Waals surface area contributed by atoms with Crippen molar-refractivity contribution in [1.82, 2.24) is 15.3 Å². The number of aliphatic hydroxyl groups excluding tert-OH is 1. The van der Waals surface area contributed by atoms with Crippen LogP contribution in [0.4, 0.5) is 0 Å². The summed E-state index contributed by atoms with van der Waals surface area (Å²) in [4.78, 5) is 21.3. The third kappa shape index (κ3) is 3.95. The lowest BCUT2D eigenvalue weighted by Gasteiger charge is -2.12. The summed E-state index contributed by atoms with van der Waals surface area (Å²) in [7, 11) is 0. The lowest BCUT2D eigenvalue weighted by molar-refractivity contribution is 0.0916. The van der Waals surface area contributed by atoms with Crippen LogP contribution in [0.5, 0.6) is 0 Å². The lowest BCUT2D eigenvalue weighted by atomic mass is 10.1. The number of hydrogen-bond donors (Lipinski definition) is 2. The molecule has 2 N–H and O–H groups in total. The third-order valence-electron chi connectivity index (χ3n) is 4.05. The minimum absolute atomic E-state index is 0.108. The van der Waals surface area contributed by atoms with Gasteiger partial charge in [-0.2, -0.15) is 0 Å². The molecule has 2 aromatic carbocycles. The van der Waals surface area contributed by atoms with Gasteiger partial charge in [0.25, 0.3) is 5.91 Å². The van der Waals surface area contributed by atoms with Gasteiger partial charge in [-0.1, -0.05) is 23.7 Å². The SMILES string of the molecule is Cc1nc2ccc(C(=O)NCC(O)c3ccc(Cl)cc3)cc2nc1C. The van der Waals surface area contributed by atoms with Gasteiger partial charge in [-0.3, -0.25) is 4.79 Å². The van der Waals surface area contributed by atoms with E-state index < -0.39 is 6.10 Å². The Morgan fingerprint density at radius 1 is 1.08 bits per heavy atom. The first-order valence-corrected chi connectivity index (χ1v) is 8.28. The minimum atomic E-state index is -0.800. The average molecular weight is 356 g/mol. The van der Waals surface area contributed by atoms with Gasteiger partial charge in [0.05, 0.1) is 28.5 Å². The molecule has 1 unspecified atom stereocenters. The molecule has 0 aliphatic rings. The summed E-state index contributed by atoms with van der Waals surface area (Å²) in [5.74, 6) is -0.269. The molecule has 3 aromatic rings. The zero-order valence-electron chi connectivity index (χ0n) is 14.0. The Morgan fingerprint density at radius 3 is 2.40 bits per heavy atom. The van der Waals surface area contributed by atoms with Gasteiger partial charge >= 0.3 is 0 Å². The largest absolute Gasteiger partial charge is 0.387 e. The molecule has 0 aliphatic carbocycles. The van der Waals surface area contributed by atoms with E-state index in [0.29, 0.717) is 21.7 Å². The number of hydrogen-bond acceptors (Lipinski definition) is 4. The van der Waals surface area contributed by atoms with E-state index in [1.807, 2.05) is 13.8 Å². The number of nitrogens with one attached hydrogen (secondary N) is 1. The van der Waals surface area contributed by atoms with Crippen molar-refractivity contribution in [1.29, 1.82) is 0 Å². The van der Waals surface area contributed by atoms with Crippen molar-refractivity contribution in [2.24, 2.45) is 0 Å². The fraction of sp³-hybridized carbons (Fsp3) is 0.211. The summed E-state index contributed by atoms with van der Waals surface area (Å²) in [6, 6.07) is 12.1. The normalized spacial score (nSPS) is 12.2. The average Bonchev–Trinajstić information content (AvgIpc) is 2.60. The van der Waals surface area contributed by atoms with Crippen molar-refractivity contribution >= 4 is 28.5 Å². The maximum Gasteiger partial charge on any atom is 0.251 e. The molecule has 0 bridgehead atoms. The molecule has 1 amide bonds. The molecule has 5 nitrogen and oxygen atoms in total. The van der Waals surface area contributed by atoms with Gasteiger partial charge in [-0.05, 0) is 49.7 Å². The second kappa shape index (κ2) is 7.17. The number of fused-ring (bicyclic) bond motifs is 1. The standard InChI is InChI=1S/C19H18ClN3O2/c1-11-12(2)23-17-9-14(5-8-16(17)22-11)19(25)21-10-18(24)13-3-6-15(20)7-4-13/h3-9,18,24H,10H2,1-2H3,(H,21,25). The summed E-state index contributed by atoms with van der Waals surface area (Å²) in [6.07, 6.45) is -0.800. The highest BCUT2D eigenvalue weighted by Crippen LogP contribution is 2.17. The smallest absolute Gasteiger partial charge is 0.251 e. The van der Waals surface area contributed by atoms with Gasteiger partial charge in [-0.25, -0.2) is 9.97 Å². The topological polar surface area (TPSA) is 75.1 Å². The van der Waals surface area contributed by atoms with E-state index >= 15 is 0 Å². The number of benzene rings is 2. The molecule has 25 heavy (non-hydrogen) atoms. The van der Waals surface area contributed by atoms with E-state index in [9.17, 15) is 9.90 Å². The van der Waals surface area contributed by atoms with Crippen LogP contribution in [-0.2, 0) is 0 Å². The van der Waals surface area contributed by atoms with Crippen molar-refractivity contribution in [2.75, 3.05) is 6.54 Å². The molecular weight excluding hydrogens is 338 g/mol. The number of nitrogens with zero attached hydrogens (tertiary/aromatic N) is 2. The van der Waals surface area contributed by atoms with Crippen LogP contribution in [0.2, 0.25) is 5.02 Å². The number of aliphatic hydroxyl groups is 1. The summed E-state index contributed by atoms with van der Waals surface area (Å²) < 4.78 is 0. The van der Waals surface area contributed by atoms with Crippen molar-refractivity contribution < 1.29 is 9.90 Å². The molecule has 0 saturated carbocycles. The Hall–Kier alpha value is -2.50. The van der Waals surface area contributed by atoms with E-state index in [1.54, 1.807) is 42.5 Å². The van der Waals surface area contributed by atoms with Gasteiger partial charge in [0.1, 0.15) is 0 Å². The maximum atomic E-state index is 12.3. The highest BCUT2D eigenvalue weighted by atomic mass is 35.5. The van der Waals surface area contributed by atoms with Crippen LogP contribution in [0, 0.1) is 13.8 Å². The third-order valence-corrected chi connectivity index (χ3v) is 4.30. The van der Waals surface area contributed by atoms with Gasteiger partial charge in [-0.15, -0.1) is 0 Å². The zero-order chi connectivity index (χ0) is 18.0. The fourth-order valence-electron chi connectivity index (χ4n) is 2.47. The number of amides is 1. The molecule has 0 aliphatic heterocycles. The second-order valence-electron chi connectivity index (χ2n) is 5.88. The molecule has 1 aromatic heterocycles. The molecule has 6 heteroatoms. The number of carbonyl (C=O) groups is 1. The van der Waals surface area contributed by atoms with Crippen LogP contribution in [0.15, 0.2) is 42.5 Å². The number of rotatable bonds is 4. The molecule has 1 atom stereocenters. The Kier molecular flexibility index (Phi) is 4.97. The van der Waals surface area contributed by atoms with Crippen molar-refractivity contribution in [3.8, 4) is 0 Å². The van der Waals surface area contributed by atoms with Crippen LogP contribution >= 0.6 is 11.6 Å². The Bertz CT molecular complexity index is 926. The molecular formula is C19H18ClN3O2. The monoisotopic (exact) mass is 355 g/mol. The van der Waals surface area contributed by atoms with Crippen LogP contribution in [-0.4, -0.2) is 27.5 Å². The van der Waals surface area contributed by atoms with E-state index in [1.165, 1.54) is 0 Å². The predicted octanol–water partition coefficient (Wildman–Crippen LogP) is 3.36. The van der Waals surface area contributed by atoms with Crippen LogP contribution < -0.4 is 5.32 Å². The molecule has 0 spiro atoms. The van der Waals surface area contributed by atoms with Gasteiger partial charge < -0.3 is 10.4 Å². The Morgan fingerprint density at radius 2 is 1.72 bits per heavy atom. The highest BCUT2D eigenvalue weighted by molar-refractivity contribution is 6.30. The quantitative estimate of drug-likeness (QED) is 0.752. The summed E-state index contributed by atoms with van der Waals surface area (Å²) in [5.41, 5.74) is 4.31. The van der Waals surface area contributed by atoms with Gasteiger partial charge in [0.2, 0.25) is 0 Å². The summed E-state index contributed by atoms with van der Waals surface area (Å²) >= 11 is 5.83. The van der Waals surface area contributed by atoms with Crippen molar-refractivity contribution in [2.45, 2.75) is 20.0 Å². The van der Waals surface area contributed by atoms with Crippen LogP contribution in [0.25, 0.3) is 11.0 Å². The van der Waals surface area contributed by atoms with Crippen LogP contribution in [0.1, 0.15) is 33.4 Å². The van der Waals surface area contributed by atoms with E-state index in [0.717, 1.165) is 16.9 Å². The van der Waals surface area contributed by atoms with Crippen LogP contribution in [0.3, 0.4) is 0 Å². The first kappa shape index (κ1) is 17.3. The van der Waals surface area contributed by atoms with Gasteiger partial charge in [0.15, 0.2) is 0 Å². The molecule has 128 valence electrons. The highest BCUT2D eigenvalue weighted by Gasteiger charge is 2.12. The Labute approximate surface area is 150 Å². The zero-order valence-corrected chi connectivity index (χ0v) is 14.7. The minimum Gasteiger partial charge on any atom is -0.387 e. The number of aryl methyl sites for hydroxylation is 2. The molecule has 0 fully saturated rings. The van der Waals surface area contributed by atoms with Gasteiger partial charge in [0, 0.05) is 17.1 Å². The summed E-state index contributed by atoms with van der Waals surface area (Å²) in [5, 5.41) is 13.5. The first-order chi connectivity index (χ1) is 11.9. The fourth-order valence-corrected chi connectivity index (χ4v) is 2.59. The molecule has 0 radical (unpaired) electrons. The maximum absolute atomic E-state index is 12.3. The number of halogens is 1. The molecule has 3 rings (SSSR count). The van der Waals surface area contributed by atoms with Crippen molar-refractivity contribution in [3.05, 3.63) is 70.0 Å². The van der Waals surface area contributed by atoms with E-state index in [-0.39, 0.29) is 12.5 Å². The number of aromatic nitrogens is 2. The predicted molar refractivity (Wildman–Crippen MR) is 97.8 cm³/mol. The Balaban J connectivity index is 1.71. The molecule has 1 heterocycles. The van der Waals surface area contributed by atoms with Crippen molar-refractivity contribution in [3.63, 3.8) is 0 Å². The molecule has 0 saturated heterocycles. The summed E-state index contributed by atoms with van der Waals surface area (Å²) in [6.45, 7) is 3.90.